The minimum absolute atomic E-state index is 0.0232. The number of rotatable bonds is 3. The van der Waals surface area contributed by atoms with Gasteiger partial charge in [-0.05, 0) is 38.4 Å². The Bertz CT molecular complexity index is 444. The summed E-state index contributed by atoms with van der Waals surface area (Å²) in [4.78, 5) is 0. The molecule has 1 heterocycles. The lowest BCUT2D eigenvalue weighted by Gasteiger charge is -2.17. The Hall–Kier alpha value is 0.747. The first-order chi connectivity index (χ1) is 10.6. The van der Waals surface area contributed by atoms with Crippen molar-refractivity contribution in [2.24, 2.45) is 5.92 Å². The molecule has 0 aromatic carbocycles. The molecule has 148 valence electrons. The molecule has 12 heteroatoms. The van der Waals surface area contributed by atoms with Crippen molar-refractivity contribution in [1.82, 2.24) is 0 Å². The zero-order chi connectivity index (χ0) is 19.8. The van der Waals surface area contributed by atoms with Crippen LogP contribution in [0.5, 0.6) is 0 Å². The molecule has 1 aliphatic rings. The molecule has 1 aliphatic heterocycles. The van der Waals surface area contributed by atoms with Crippen molar-refractivity contribution >= 4 is 53.2 Å². The van der Waals surface area contributed by atoms with Crippen LogP contribution in [0.1, 0.15) is 26.7 Å². The fraction of sp³-hybridized carbons (Fsp3) is 1.00. The number of ether oxygens (including phenoxy) is 1. The van der Waals surface area contributed by atoms with Gasteiger partial charge in [0.05, 0.1) is 11.4 Å². The molecule has 0 aromatic heterocycles. The summed E-state index contributed by atoms with van der Waals surface area (Å²) in [5, 5.41) is 0.194. The van der Waals surface area contributed by atoms with Crippen LogP contribution in [0.3, 0.4) is 0 Å². The van der Waals surface area contributed by atoms with Gasteiger partial charge in [-0.2, -0.15) is 21.6 Å². The van der Waals surface area contributed by atoms with Gasteiger partial charge in [0.15, 0.2) is 0 Å². The van der Waals surface area contributed by atoms with E-state index in [1.54, 1.807) is 0 Å². The third-order valence-corrected chi connectivity index (χ3v) is 6.29. The van der Waals surface area contributed by atoms with E-state index in [0.29, 0.717) is 12.0 Å². The van der Waals surface area contributed by atoms with Crippen LogP contribution in [-0.4, -0.2) is 39.2 Å². The van der Waals surface area contributed by atoms with Crippen LogP contribution in [0.25, 0.3) is 0 Å². The van der Waals surface area contributed by atoms with Crippen molar-refractivity contribution in [1.29, 1.82) is 0 Å². The number of halogens is 6. The van der Waals surface area contributed by atoms with E-state index in [-0.39, 0.29) is 10.9 Å². The highest BCUT2D eigenvalue weighted by molar-refractivity contribution is 7.88. The summed E-state index contributed by atoms with van der Waals surface area (Å²) >= 11 is 15.3. The van der Waals surface area contributed by atoms with Gasteiger partial charge in [0, 0.05) is 0 Å². The predicted molar refractivity (Wildman–Crippen MR) is 94.6 cm³/mol. The molecule has 0 spiro atoms. The normalized spacial score (nSPS) is 24.5. The van der Waals surface area contributed by atoms with E-state index in [1.165, 1.54) is 19.6 Å². The Balaban J connectivity index is 0. The van der Waals surface area contributed by atoms with E-state index >= 15 is 0 Å². The Morgan fingerprint density at radius 3 is 1.79 bits per heavy atom. The van der Waals surface area contributed by atoms with Crippen molar-refractivity contribution < 1.29 is 30.2 Å². The molecule has 4 nitrogen and oxygen atoms in total. The molecule has 1 rings (SSSR count). The van der Waals surface area contributed by atoms with Gasteiger partial charge in [-0.25, -0.2) is 0 Å². The SMILES string of the molecule is CCC1OC(Cl)CC1C.C[Si](C)(C)OS(=O)(=O)C(F)(F)F.ClCCl. The molecule has 0 bridgehead atoms. The molecule has 0 N–H and O–H groups in total. The fourth-order valence-corrected chi connectivity index (χ4v) is 5.12. The highest BCUT2D eigenvalue weighted by atomic mass is 35.5. The predicted octanol–water partition coefficient (Wildman–Crippen LogP) is 5.50. The van der Waals surface area contributed by atoms with E-state index in [0.717, 1.165) is 12.8 Å². The standard InChI is InChI=1S/C7H13ClO.C4H9F3O3SSi.CH2Cl2/c1-3-6-5(2)4-7(8)9-6;1-12(2,3)10-11(8,9)4(5,6)7;2-1-3/h5-7H,3-4H2,1-2H3;1-3H3;1H2. The van der Waals surface area contributed by atoms with Gasteiger partial charge in [-0.1, -0.05) is 25.4 Å². The number of hydrogen-bond acceptors (Lipinski definition) is 4. The maximum atomic E-state index is 11.7. The molecule has 0 saturated carbocycles. The summed E-state index contributed by atoms with van der Waals surface area (Å²) < 4.78 is 65.1. The third-order valence-electron chi connectivity index (χ3n) is 2.56. The summed E-state index contributed by atoms with van der Waals surface area (Å²) in [5.74, 6) is 0.650. The molecular formula is C12H24Cl3F3O4SSi. The van der Waals surface area contributed by atoms with E-state index in [4.69, 9.17) is 39.5 Å². The molecule has 3 unspecified atom stereocenters. The minimum atomic E-state index is -5.39. The highest BCUT2D eigenvalue weighted by Gasteiger charge is 2.49. The second-order valence-electron chi connectivity index (χ2n) is 5.90. The van der Waals surface area contributed by atoms with E-state index in [9.17, 15) is 21.6 Å². The lowest BCUT2D eigenvalue weighted by atomic mass is 10.0. The summed E-state index contributed by atoms with van der Waals surface area (Å²) in [6, 6.07) is 0. The Morgan fingerprint density at radius 1 is 1.25 bits per heavy atom. The van der Waals surface area contributed by atoms with Crippen molar-refractivity contribution in [2.75, 3.05) is 5.34 Å². The molecule has 1 fully saturated rings. The lowest BCUT2D eigenvalue weighted by molar-refractivity contribution is -0.0503. The quantitative estimate of drug-likeness (QED) is 0.320. The summed E-state index contributed by atoms with van der Waals surface area (Å²) in [6.45, 7) is 8.40. The first-order valence-electron chi connectivity index (χ1n) is 7.04. The Kier molecular flexibility index (Phi) is 12.9. The second-order valence-corrected chi connectivity index (χ2v) is 13.5. The van der Waals surface area contributed by atoms with Crippen molar-refractivity contribution in [3.63, 3.8) is 0 Å². The monoisotopic (exact) mass is 454 g/mol. The molecule has 3 atom stereocenters. The van der Waals surface area contributed by atoms with Gasteiger partial charge in [0.1, 0.15) is 5.56 Å². The zero-order valence-corrected chi connectivity index (χ0v) is 18.2. The number of alkyl halides is 6. The van der Waals surface area contributed by atoms with Gasteiger partial charge >= 0.3 is 15.6 Å². The maximum absolute atomic E-state index is 11.7. The third kappa shape index (κ3) is 12.2. The first-order valence-corrected chi connectivity index (χ1v) is 13.4. The van der Waals surface area contributed by atoms with Crippen LogP contribution in [0.2, 0.25) is 19.6 Å². The van der Waals surface area contributed by atoms with Gasteiger partial charge in [0.2, 0.25) is 8.32 Å². The van der Waals surface area contributed by atoms with Crippen molar-refractivity contribution in [3.05, 3.63) is 0 Å². The summed E-state index contributed by atoms with van der Waals surface area (Å²) in [5.41, 5.74) is -5.34. The van der Waals surface area contributed by atoms with Crippen LogP contribution in [-0.2, 0) is 18.7 Å². The molecule has 0 radical (unpaired) electrons. The van der Waals surface area contributed by atoms with Crippen LogP contribution >= 0.6 is 34.8 Å². The second kappa shape index (κ2) is 11.5. The molecule has 1 saturated heterocycles. The van der Waals surface area contributed by atoms with Gasteiger partial charge in [0.25, 0.3) is 0 Å². The van der Waals surface area contributed by atoms with Crippen molar-refractivity contribution in [2.45, 2.75) is 63.5 Å². The first kappa shape index (κ1) is 27.0. The molecule has 24 heavy (non-hydrogen) atoms. The van der Waals surface area contributed by atoms with Crippen LogP contribution < -0.4 is 0 Å². The van der Waals surface area contributed by atoms with Crippen LogP contribution in [0.15, 0.2) is 0 Å². The Morgan fingerprint density at radius 2 is 1.67 bits per heavy atom. The maximum Gasteiger partial charge on any atom is 0.522 e. The van der Waals surface area contributed by atoms with E-state index < -0.39 is 23.9 Å². The summed E-state index contributed by atoms with van der Waals surface area (Å²) in [7, 11) is -8.10. The molecular weight excluding hydrogens is 432 g/mol. The van der Waals surface area contributed by atoms with Crippen LogP contribution in [0.4, 0.5) is 13.2 Å². The molecule has 0 aliphatic carbocycles. The fourth-order valence-electron chi connectivity index (χ4n) is 1.70. The van der Waals surface area contributed by atoms with Crippen molar-refractivity contribution in [3.8, 4) is 0 Å². The smallest absolute Gasteiger partial charge is 0.359 e. The Labute approximate surface area is 158 Å². The molecule has 0 amide bonds. The topological polar surface area (TPSA) is 52.6 Å². The van der Waals surface area contributed by atoms with E-state index in [2.05, 4.69) is 17.7 Å². The van der Waals surface area contributed by atoms with Crippen LogP contribution in [0, 0.1) is 5.92 Å². The molecule has 0 aromatic rings. The number of hydrogen-bond donors (Lipinski definition) is 0. The van der Waals surface area contributed by atoms with Gasteiger partial charge in [-0.15, -0.1) is 23.2 Å². The lowest BCUT2D eigenvalue weighted by Crippen LogP contribution is -2.36. The van der Waals surface area contributed by atoms with E-state index in [1.807, 2.05) is 0 Å². The van der Waals surface area contributed by atoms with Gasteiger partial charge < -0.3 is 8.61 Å². The average Bonchev–Trinajstić information content (AvgIpc) is 2.65. The average molecular weight is 456 g/mol. The van der Waals surface area contributed by atoms with Gasteiger partial charge in [-0.3, -0.25) is 0 Å². The highest BCUT2D eigenvalue weighted by Crippen LogP contribution is 2.29. The largest absolute Gasteiger partial charge is 0.522 e. The zero-order valence-electron chi connectivity index (χ0n) is 14.2. The minimum Gasteiger partial charge on any atom is -0.359 e. The summed E-state index contributed by atoms with van der Waals surface area (Å²) in [6.07, 6.45) is 2.51.